The Morgan fingerprint density at radius 2 is 2.47 bits per heavy atom. The molecule has 2 N–H and O–H groups in total. The first-order chi connectivity index (χ1) is 7.36. The molecule has 1 aliphatic heterocycles. The Morgan fingerprint density at radius 1 is 1.60 bits per heavy atom. The zero-order chi connectivity index (χ0) is 10.9. The van der Waals surface area contributed by atoms with Crippen LogP contribution in [0, 0.1) is 0 Å². The molecular formula is C11H23NO2S. The van der Waals surface area contributed by atoms with Gasteiger partial charge in [-0.3, -0.25) is 0 Å². The molecule has 0 aliphatic carbocycles. The SMILES string of the molecule is CCCNC(CO)CSCC1CCCO1. The Labute approximate surface area is 97.0 Å². The van der Waals surface area contributed by atoms with Crippen molar-refractivity contribution in [1.82, 2.24) is 5.32 Å². The molecule has 90 valence electrons. The summed E-state index contributed by atoms with van der Waals surface area (Å²) in [4.78, 5) is 0. The molecule has 1 heterocycles. The van der Waals surface area contributed by atoms with Gasteiger partial charge in [-0.15, -0.1) is 0 Å². The highest BCUT2D eigenvalue weighted by Gasteiger charge is 2.16. The fourth-order valence-corrected chi connectivity index (χ4v) is 2.81. The molecule has 1 aliphatic rings. The summed E-state index contributed by atoms with van der Waals surface area (Å²) in [6, 6.07) is 0.247. The van der Waals surface area contributed by atoms with Crippen molar-refractivity contribution in [2.75, 3.05) is 31.3 Å². The van der Waals surface area contributed by atoms with Gasteiger partial charge in [0.15, 0.2) is 0 Å². The van der Waals surface area contributed by atoms with E-state index >= 15 is 0 Å². The molecule has 4 heteroatoms. The molecule has 0 aromatic heterocycles. The summed E-state index contributed by atoms with van der Waals surface area (Å²) in [5, 5.41) is 12.5. The topological polar surface area (TPSA) is 41.5 Å². The Hall–Kier alpha value is 0.230. The standard InChI is InChI=1S/C11H23NO2S/c1-2-5-12-10(7-13)8-15-9-11-4-3-6-14-11/h10-13H,2-9H2,1H3. The predicted octanol–water partition coefficient (Wildman–Crippen LogP) is 1.26. The van der Waals surface area contributed by atoms with E-state index < -0.39 is 0 Å². The molecule has 0 amide bonds. The van der Waals surface area contributed by atoms with Crippen LogP contribution in [0.3, 0.4) is 0 Å². The molecule has 2 unspecified atom stereocenters. The predicted molar refractivity (Wildman–Crippen MR) is 65.5 cm³/mol. The summed E-state index contributed by atoms with van der Waals surface area (Å²) in [6.07, 6.45) is 4.00. The van der Waals surface area contributed by atoms with Crippen molar-refractivity contribution >= 4 is 11.8 Å². The number of hydrogen-bond donors (Lipinski definition) is 2. The quantitative estimate of drug-likeness (QED) is 0.662. The Morgan fingerprint density at radius 3 is 3.07 bits per heavy atom. The molecule has 1 rings (SSSR count). The lowest BCUT2D eigenvalue weighted by Crippen LogP contribution is -2.35. The maximum absolute atomic E-state index is 9.14. The van der Waals surface area contributed by atoms with Gasteiger partial charge in [-0.25, -0.2) is 0 Å². The third kappa shape index (κ3) is 5.76. The van der Waals surface area contributed by atoms with Gasteiger partial charge < -0.3 is 15.2 Å². The van der Waals surface area contributed by atoms with Gasteiger partial charge in [0, 0.05) is 24.2 Å². The maximum Gasteiger partial charge on any atom is 0.0666 e. The van der Waals surface area contributed by atoms with Gasteiger partial charge in [0.2, 0.25) is 0 Å². The normalized spacial score (nSPS) is 23.2. The van der Waals surface area contributed by atoms with E-state index in [-0.39, 0.29) is 12.6 Å². The van der Waals surface area contributed by atoms with Gasteiger partial charge >= 0.3 is 0 Å². The summed E-state index contributed by atoms with van der Waals surface area (Å²) >= 11 is 1.89. The second-order valence-electron chi connectivity index (χ2n) is 4.01. The van der Waals surface area contributed by atoms with Crippen LogP contribution in [0.5, 0.6) is 0 Å². The van der Waals surface area contributed by atoms with Crippen molar-refractivity contribution in [3.8, 4) is 0 Å². The zero-order valence-electron chi connectivity index (χ0n) is 9.58. The fourth-order valence-electron chi connectivity index (χ4n) is 1.64. The molecule has 1 saturated heterocycles. The molecule has 3 nitrogen and oxygen atoms in total. The van der Waals surface area contributed by atoms with Crippen molar-refractivity contribution in [1.29, 1.82) is 0 Å². The van der Waals surface area contributed by atoms with Crippen molar-refractivity contribution in [2.24, 2.45) is 0 Å². The lowest BCUT2D eigenvalue weighted by Gasteiger charge is -2.16. The first-order valence-electron chi connectivity index (χ1n) is 5.90. The van der Waals surface area contributed by atoms with Crippen LogP contribution in [0.15, 0.2) is 0 Å². The van der Waals surface area contributed by atoms with Crippen LogP contribution < -0.4 is 5.32 Å². The van der Waals surface area contributed by atoms with E-state index in [1.807, 2.05) is 11.8 Å². The van der Waals surface area contributed by atoms with Gasteiger partial charge in [-0.05, 0) is 25.8 Å². The second kappa shape index (κ2) is 8.39. The smallest absolute Gasteiger partial charge is 0.0666 e. The highest BCUT2D eigenvalue weighted by molar-refractivity contribution is 7.99. The maximum atomic E-state index is 9.14. The van der Waals surface area contributed by atoms with E-state index in [0.717, 1.165) is 31.1 Å². The molecule has 1 fully saturated rings. The Balaban J connectivity index is 2.00. The van der Waals surface area contributed by atoms with E-state index in [1.54, 1.807) is 0 Å². The largest absolute Gasteiger partial charge is 0.395 e. The second-order valence-corrected chi connectivity index (χ2v) is 5.08. The number of rotatable bonds is 8. The van der Waals surface area contributed by atoms with Crippen LogP contribution in [-0.4, -0.2) is 48.5 Å². The molecule has 0 aromatic rings. The Kier molecular flexibility index (Phi) is 7.44. The number of aliphatic hydroxyl groups is 1. The number of hydrogen-bond acceptors (Lipinski definition) is 4. The Bertz CT molecular complexity index is 152. The van der Waals surface area contributed by atoms with E-state index in [0.29, 0.717) is 6.10 Å². The summed E-state index contributed by atoms with van der Waals surface area (Å²) in [6.45, 7) is 4.30. The van der Waals surface area contributed by atoms with Gasteiger partial charge in [-0.1, -0.05) is 6.92 Å². The zero-order valence-corrected chi connectivity index (χ0v) is 10.4. The molecule has 0 bridgehead atoms. The van der Waals surface area contributed by atoms with E-state index in [2.05, 4.69) is 12.2 Å². The number of nitrogens with one attached hydrogen (secondary N) is 1. The molecule has 0 spiro atoms. The van der Waals surface area contributed by atoms with Gasteiger partial charge in [0.1, 0.15) is 0 Å². The average Bonchev–Trinajstić information content (AvgIpc) is 2.76. The molecule has 0 aromatic carbocycles. The summed E-state index contributed by atoms with van der Waals surface area (Å²) in [5.41, 5.74) is 0. The number of aliphatic hydroxyl groups excluding tert-OH is 1. The van der Waals surface area contributed by atoms with Crippen LogP contribution in [0.1, 0.15) is 26.2 Å². The molecule has 0 radical (unpaired) electrons. The summed E-state index contributed by atoms with van der Waals surface area (Å²) in [5.74, 6) is 2.06. The summed E-state index contributed by atoms with van der Waals surface area (Å²) < 4.78 is 5.55. The third-order valence-corrected chi connectivity index (χ3v) is 3.80. The van der Waals surface area contributed by atoms with Gasteiger partial charge in [0.25, 0.3) is 0 Å². The van der Waals surface area contributed by atoms with Crippen molar-refractivity contribution < 1.29 is 9.84 Å². The van der Waals surface area contributed by atoms with Crippen LogP contribution in [0.2, 0.25) is 0 Å². The van der Waals surface area contributed by atoms with Crippen molar-refractivity contribution in [3.05, 3.63) is 0 Å². The molecule has 15 heavy (non-hydrogen) atoms. The van der Waals surface area contributed by atoms with E-state index in [9.17, 15) is 0 Å². The van der Waals surface area contributed by atoms with Crippen LogP contribution in [0.25, 0.3) is 0 Å². The lowest BCUT2D eigenvalue weighted by molar-refractivity contribution is 0.129. The minimum absolute atomic E-state index is 0.235. The van der Waals surface area contributed by atoms with Crippen molar-refractivity contribution in [3.63, 3.8) is 0 Å². The van der Waals surface area contributed by atoms with Gasteiger partial charge in [-0.2, -0.15) is 11.8 Å². The van der Waals surface area contributed by atoms with Crippen LogP contribution in [-0.2, 0) is 4.74 Å². The monoisotopic (exact) mass is 233 g/mol. The highest BCUT2D eigenvalue weighted by atomic mass is 32.2. The number of thioether (sulfide) groups is 1. The fraction of sp³-hybridized carbons (Fsp3) is 1.00. The third-order valence-electron chi connectivity index (χ3n) is 2.55. The first-order valence-corrected chi connectivity index (χ1v) is 7.05. The minimum atomic E-state index is 0.235. The minimum Gasteiger partial charge on any atom is -0.395 e. The lowest BCUT2D eigenvalue weighted by atomic mass is 10.3. The van der Waals surface area contributed by atoms with Gasteiger partial charge in [0.05, 0.1) is 12.7 Å². The molecule has 0 saturated carbocycles. The average molecular weight is 233 g/mol. The number of ether oxygens (including phenoxy) is 1. The van der Waals surface area contributed by atoms with Crippen molar-refractivity contribution in [2.45, 2.75) is 38.3 Å². The molecule has 2 atom stereocenters. The first kappa shape index (κ1) is 13.3. The van der Waals surface area contributed by atoms with Crippen LogP contribution >= 0.6 is 11.8 Å². The van der Waals surface area contributed by atoms with E-state index in [1.165, 1.54) is 12.8 Å². The van der Waals surface area contributed by atoms with Crippen LogP contribution in [0.4, 0.5) is 0 Å². The molecular weight excluding hydrogens is 210 g/mol. The highest BCUT2D eigenvalue weighted by Crippen LogP contribution is 2.17. The summed E-state index contributed by atoms with van der Waals surface area (Å²) in [7, 11) is 0. The van der Waals surface area contributed by atoms with E-state index in [4.69, 9.17) is 9.84 Å².